The third-order valence-corrected chi connectivity index (χ3v) is 14.1. The topological polar surface area (TPSA) is 160 Å². The van der Waals surface area contributed by atoms with E-state index in [1.165, 1.54) is 7.11 Å². The second-order valence-electron chi connectivity index (χ2n) is 17.8. The number of rotatable bonds is 8. The van der Waals surface area contributed by atoms with Crippen molar-refractivity contribution >= 4 is 17.7 Å². The number of carbonyl (C=O) groups is 3. The van der Waals surface area contributed by atoms with Crippen LogP contribution in [0.4, 0.5) is 0 Å². The standard InChI is InChI=1S/C42H60O10/c1-21(2)34-27-14-32(43)23(5)25-10-12-41(48,19-50-8)29(25)16-39(27,7)31(36(34)45)18-40-17-30-26(11-13-42(30,49)20-51-9)24(6)33(44)15-28(40)35(22(3)4)37(46)52-38(40)47/h16-17,21-26,31-33,43-44,48-49H,10-15,18-20H2,1-9H3/b29-16?,30-17+/t23-,24-,25+,26+,31+,32+,33+,39-,40+,41+,42+/m1/s1. The Morgan fingerprint density at radius 2 is 1.27 bits per heavy atom. The molecule has 0 unspecified atom stereocenters. The number of hydrogen-bond acceptors (Lipinski definition) is 10. The van der Waals surface area contributed by atoms with Crippen molar-refractivity contribution in [3.8, 4) is 0 Å². The molecule has 1 aliphatic heterocycles. The summed E-state index contributed by atoms with van der Waals surface area (Å²) in [5.41, 5.74) is -2.02. The Kier molecular flexibility index (Phi) is 10.3. The fraction of sp³-hybridized carbons (Fsp3) is 0.738. The second kappa shape index (κ2) is 13.7. The van der Waals surface area contributed by atoms with Crippen molar-refractivity contribution in [2.24, 2.45) is 52.3 Å². The molecule has 2 fully saturated rings. The zero-order valence-corrected chi connectivity index (χ0v) is 32.5. The van der Waals surface area contributed by atoms with E-state index in [0.29, 0.717) is 48.0 Å². The van der Waals surface area contributed by atoms with E-state index in [1.54, 1.807) is 13.2 Å². The van der Waals surface area contributed by atoms with E-state index in [4.69, 9.17) is 14.2 Å². The Hall–Kier alpha value is -2.47. The van der Waals surface area contributed by atoms with Crippen LogP contribution >= 0.6 is 0 Å². The molecule has 1 heterocycles. The lowest BCUT2D eigenvalue weighted by atomic mass is 9.58. The van der Waals surface area contributed by atoms with E-state index >= 15 is 4.79 Å². The van der Waals surface area contributed by atoms with Gasteiger partial charge in [-0.3, -0.25) is 9.59 Å². The second-order valence-corrected chi connectivity index (χ2v) is 17.8. The predicted molar refractivity (Wildman–Crippen MR) is 193 cm³/mol. The summed E-state index contributed by atoms with van der Waals surface area (Å²) in [6, 6.07) is 0. The predicted octanol–water partition coefficient (Wildman–Crippen LogP) is 4.79. The number of allylic oxidation sites excluding steroid dienone is 2. The zero-order chi connectivity index (χ0) is 38.3. The van der Waals surface area contributed by atoms with E-state index in [-0.39, 0.29) is 73.8 Å². The van der Waals surface area contributed by atoms with Crippen LogP contribution in [0.5, 0.6) is 0 Å². The first-order chi connectivity index (χ1) is 24.3. The Morgan fingerprint density at radius 3 is 1.75 bits per heavy atom. The van der Waals surface area contributed by atoms with Gasteiger partial charge in [0.1, 0.15) is 16.6 Å². The van der Waals surface area contributed by atoms with Crippen LogP contribution in [-0.4, -0.2) is 89.0 Å². The molecule has 6 rings (SSSR count). The van der Waals surface area contributed by atoms with Gasteiger partial charge >= 0.3 is 11.9 Å². The Labute approximate surface area is 308 Å². The number of aliphatic hydroxyl groups excluding tert-OH is 2. The Bertz CT molecular complexity index is 1630. The normalized spacial score (nSPS) is 43.3. The minimum Gasteiger partial charge on any atom is -0.392 e. The number of methoxy groups -OCH3 is 2. The maximum Gasteiger partial charge on any atom is 0.341 e. The first-order valence-corrected chi connectivity index (χ1v) is 19.3. The summed E-state index contributed by atoms with van der Waals surface area (Å²) in [5, 5.41) is 47.9. The van der Waals surface area contributed by atoms with Crippen molar-refractivity contribution in [1.82, 2.24) is 0 Å². The molecule has 10 nitrogen and oxygen atoms in total. The minimum atomic E-state index is -1.68. The van der Waals surface area contributed by atoms with Crippen molar-refractivity contribution in [2.75, 3.05) is 27.4 Å². The number of fused-ring (bicyclic) bond motifs is 4. The van der Waals surface area contributed by atoms with E-state index in [1.807, 2.05) is 48.5 Å². The molecule has 288 valence electrons. The molecule has 6 aliphatic rings. The highest BCUT2D eigenvalue weighted by Crippen LogP contribution is 2.62. The van der Waals surface area contributed by atoms with Crippen LogP contribution in [0.3, 0.4) is 0 Å². The van der Waals surface area contributed by atoms with Gasteiger partial charge < -0.3 is 34.6 Å². The number of hydrogen-bond donors (Lipinski definition) is 4. The third-order valence-electron chi connectivity index (χ3n) is 14.1. The molecular formula is C42H60O10. The fourth-order valence-electron chi connectivity index (χ4n) is 11.2. The summed E-state index contributed by atoms with van der Waals surface area (Å²) in [6.07, 6.45) is 4.33. The molecule has 5 aliphatic carbocycles. The van der Waals surface area contributed by atoms with Crippen molar-refractivity contribution < 1.29 is 49.0 Å². The summed E-state index contributed by atoms with van der Waals surface area (Å²) >= 11 is 0. The van der Waals surface area contributed by atoms with Gasteiger partial charge in [0.25, 0.3) is 0 Å². The Balaban J connectivity index is 1.66. The molecule has 0 bridgehead atoms. The highest BCUT2D eigenvalue weighted by atomic mass is 16.6. The summed E-state index contributed by atoms with van der Waals surface area (Å²) in [6.45, 7) is 13.6. The Morgan fingerprint density at radius 1 is 0.788 bits per heavy atom. The summed E-state index contributed by atoms with van der Waals surface area (Å²) < 4.78 is 16.7. The van der Waals surface area contributed by atoms with Gasteiger partial charge in [0, 0.05) is 31.1 Å². The molecule has 0 aromatic heterocycles. The molecule has 0 radical (unpaired) electrons. The molecule has 0 aromatic carbocycles. The molecular weight excluding hydrogens is 664 g/mol. The van der Waals surface area contributed by atoms with Crippen molar-refractivity contribution in [3.05, 3.63) is 45.6 Å². The molecule has 0 amide bonds. The molecule has 52 heavy (non-hydrogen) atoms. The number of carbonyl (C=O) groups excluding carboxylic acids is 3. The molecule has 0 saturated heterocycles. The molecule has 10 heteroatoms. The van der Waals surface area contributed by atoms with Crippen LogP contribution in [0.1, 0.15) is 93.4 Å². The van der Waals surface area contributed by atoms with E-state index < -0.39 is 52.1 Å². The number of Topliss-reactive ketones (excluding diaryl/α,β-unsaturated/α-hetero) is 1. The quantitative estimate of drug-likeness (QED) is 0.156. The van der Waals surface area contributed by atoms with Gasteiger partial charge in [0.2, 0.25) is 0 Å². The van der Waals surface area contributed by atoms with Crippen LogP contribution in [0.25, 0.3) is 0 Å². The van der Waals surface area contributed by atoms with E-state index in [0.717, 1.165) is 11.1 Å². The lowest BCUT2D eigenvalue weighted by Crippen LogP contribution is -2.49. The zero-order valence-electron chi connectivity index (χ0n) is 32.5. The van der Waals surface area contributed by atoms with Gasteiger partial charge in [-0.1, -0.05) is 66.2 Å². The van der Waals surface area contributed by atoms with Gasteiger partial charge in [0.05, 0.1) is 25.4 Å². The average molecular weight is 725 g/mol. The summed E-state index contributed by atoms with van der Waals surface area (Å²) in [5.74, 6) is -4.08. The van der Waals surface area contributed by atoms with Gasteiger partial charge in [0.15, 0.2) is 5.78 Å². The molecule has 0 aromatic rings. The first kappa shape index (κ1) is 39.2. The fourth-order valence-corrected chi connectivity index (χ4v) is 11.2. The molecule has 2 saturated carbocycles. The van der Waals surface area contributed by atoms with Gasteiger partial charge in [-0.2, -0.15) is 0 Å². The van der Waals surface area contributed by atoms with Crippen LogP contribution in [-0.2, 0) is 28.6 Å². The average Bonchev–Trinajstić information content (AvgIpc) is 3.60. The smallest absolute Gasteiger partial charge is 0.341 e. The number of cyclic esters (lactones) is 2. The van der Waals surface area contributed by atoms with Crippen molar-refractivity contribution in [2.45, 2.75) is 117 Å². The van der Waals surface area contributed by atoms with Gasteiger partial charge in [-0.15, -0.1) is 0 Å². The highest BCUT2D eigenvalue weighted by molar-refractivity contribution is 6.07. The largest absolute Gasteiger partial charge is 0.392 e. The minimum absolute atomic E-state index is 0.0246. The maximum absolute atomic E-state index is 15.1. The lowest BCUT2D eigenvalue weighted by Gasteiger charge is -2.46. The van der Waals surface area contributed by atoms with Crippen LogP contribution in [0, 0.1) is 52.3 Å². The van der Waals surface area contributed by atoms with Crippen LogP contribution in [0.2, 0.25) is 0 Å². The number of ether oxygens (including phenoxy) is 3. The van der Waals surface area contributed by atoms with E-state index in [9.17, 15) is 30.0 Å². The monoisotopic (exact) mass is 724 g/mol. The van der Waals surface area contributed by atoms with Crippen molar-refractivity contribution in [3.63, 3.8) is 0 Å². The first-order valence-electron chi connectivity index (χ1n) is 19.3. The molecule has 4 N–H and O–H groups in total. The molecule has 0 spiro atoms. The van der Waals surface area contributed by atoms with Gasteiger partial charge in [-0.05, 0) is 103 Å². The summed E-state index contributed by atoms with van der Waals surface area (Å²) in [7, 11) is 3.06. The number of ketones is 1. The summed E-state index contributed by atoms with van der Waals surface area (Å²) in [4.78, 5) is 43.5. The van der Waals surface area contributed by atoms with Crippen LogP contribution in [0.15, 0.2) is 45.6 Å². The maximum atomic E-state index is 15.1. The van der Waals surface area contributed by atoms with Gasteiger partial charge in [-0.25, -0.2) is 4.79 Å². The van der Waals surface area contributed by atoms with Crippen molar-refractivity contribution in [1.29, 1.82) is 0 Å². The van der Waals surface area contributed by atoms with Crippen LogP contribution < -0.4 is 0 Å². The molecule has 11 atom stereocenters. The number of esters is 2. The highest BCUT2D eigenvalue weighted by Gasteiger charge is 2.61. The number of aliphatic hydroxyl groups is 4. The van der Waals surface area contributed by atoms with E-state index in [2.05, 4.69) is 6.08 Å². The third kappa shape index (κ3) is 5.86. The SMILES string of the molecule is COC[C@@]1(O)CC[C@@H]2C1=C[C@]1(C)C(=C(C(C)C)C(=O)[C@@H]1C[C@@]13/C=C4\[C@@H](CC[C@]4(O)COC)[C@@H](C)[C@@H](O)CC1=C(C(C)C)C(=O)OC3=O)C[C@H](O)[C@@H]2C. The lowest BCUT2D eigenvalue weighted by molar-refractivity contribution is -0.165.